The first kappa shape index (κ1) is 14.7. The molecule has 3 heterocycles. The molecule has 0 spiro atoms. The minimum absolute atomic E-state index is 0.0195. The molecule has 1 aliphatic rings. The van der Waals surface area contributed by atoms with Crippen molar-refractivity contribution in [1.29, 1.82) is 0 Å². The molecular formula is C15H21N5O2. The molecule has 7 heteroatoms. The van der Waals surface area contributed by atoms with E-state index in [1.165, 1.54) is 0 Å². The SMILES string of the molecule is CCCc1noc(C2CCCN(C(=O)c3cnn(C)c3)C2)n1. The van der Waals surface area contributed by atoms with Crippen LogP contribution in [0.4, 0.5) is 0 Å². The third-order valence-corrected chi connectivity index (χ3v) is 3.97. The molecule has 0 N–H and O–H groups in total. The lowest BCUT2D eigenvalue weighted by atomic mass is 9.97. The number of carbonyl (C=O) groups excluding carboxylic acids is 1. The van der Waals surface area contributed by atoms with E-state index < -0.39 is 0 Å². The lowest BCUT2D eigenvalue weighted by Crippen LogP contribution is -2.39. The Morgan fingerprint density at radius 1 is 1.50 bits per heavy atom. The van der Waals surface area contributed by atoms with Crippen LogP contribution in [-0.2, 0) is 13.5 Å². The third kappa shape index (κ3) is 3.03. The summed E-state index contributed by atoms with van der Waals surface area (Å²) in [5, 5.41) is 8.07. The highest BCUT2D eigenvalue weighted by Gasteiger charge is 2.29. The Hall–Kier alpha value is -2.18. The zero-order valence-electron chi connectivity index (χ0n) is 13.0. The van der Waals surface area contributed by atoms with Gasteiger partial charge in [-0.2, -0.15) is 10.1 Å². The summed E-state index contributed by atoms with van der Waals surface area (Å²) >= 11 is 0. The van der Waals surface area contributed by atoms with Gasteiger partial charge in [-0.3, -0.25) is 9.48 Å². The molecule has 0 saturated carbocycles. The van der Waals surface area contributed by atoms with Crippen molar-refractivity contribution in [2.45, 2.75) is 38.5 Å². The molecule has 2 aromatic heterocycles. The van der Waals surface area contributed by atoms with Crippen LogP contribution in [0.3, 0.4) is 0 Å². The minimum atomic E-state index is 0.0195. The highest BCUT2D eigenvalue weighted by Crippen LogP contribution is 2.26. The second-order valence-corrected chi connectivity index (χ2v) is 5.79. The van der Waals surface area contributed by atoms with Crippen molar-refractivity contribution in [2.24, 2.45) is 7.05 Å². The Balaban J connectivity index is 1.69. The van der Waals surface area contributed by atoms with E-state index in [0.29, 0.717) is 18.0 Å². The zero-order valence-corrected chi connectivity index (χ0v) is 13.0. The maximum atomic E-state index is 12.5. The topological polar surface area (TPSA) is 77.0 Å². The molecular weight excluding hydrogens is 282 g/mol. The fraction of sp³-hybridized carbons (Fsp3) is 0.600. The summed E-state index contributed by atoms with van der Waals surface area (Å²) in [6.07, 6.45) is 7.10. The second kappa shape index (κ2) is 6.29. The molecule has 3 rings (SSSR count). The second-order valence-electron chi connectivity index (χ2n) is 5.79. The lowest BCUT2D eigenvalue weighted by Gasteiger charge is -2.30. The number of rotatable bonds is 4. The Kier molecular flexibility index (Phi) is 4.22. The van der Waals surface area contributed by atoms with E-state index in [4.69, 9.17) is 4.52 Å². The van der Waals surface area contributed by atoms with Gasteiger partial charge in [0.25, 0.3) is 5.91 Å². The fourth-order valence-corrected chi connectivity index (χ4v) is 2.84. The molecule has 118 valence electrons. The molecule has 1 saturated heterocycles. The van der Waals surface area contributed by atoms with E-state index in [9.17, 15) is 4.79 Å². The highest BCUT2D eigenvalue weighted by molar-refractivity contribution is 5.93. The van der Waals surface area contributed by atoms with Gasteiger partial charge in [-0.1, -0.05) is 12.1 Å². The average Bonchev–Trinajstić information content (AvgIpc) is 3.16. The normalized spacial score (nSPS) is 18.6. The van der Waals surface area contributed by atoms with Crippen LogP contribution < -0.4 is 0 Å². The molecule has 7 nitrogen and oxygen atoms in total. The number of nitrogens with zero attached hydrogens (tertiary/aromatic N) is 5. The van der Waals surface area contributed by atoms with E-state index in [1.54, 1.807) is 17.1 Å². The maximum Gasteiger partial charge on any atom is 0.257 e. The number of hydrogen-bond donors (Lipinski definition) is 0. The monoisotopic (exact) mass is 303 g/mol. The minimum Gasteiger partial charge on any atom is -0.339 e. The molecule has 22 heavy (non-hydrogen) atoms. The molecule has 1 aliphatic heterocycles. The van der Waals surface area contributed by atoms with Crippen LogP contribution in [0.1, 0.15) is 54.2 Å². The van der Waals surface area contributed by atoms with Crippen LogP contribution in [0.5, 0.6) is 0 Å². The standard InChI is InChI=1S/C15H21N5O2/c1-3-5-13-17-14(22-18-13)11-6-4-7-20(10-11)15(21)12-8-16-19(2)9-12/h8-9,11H,3-7,10H2,1-2H3. The van der Waals surface area contributed by atoms with Crippen molar-refractivity contribution in [3.8, 4) is 0 Å². The van der Waals surface area contributed by atoms with Crippen LogP contribution in [0.25, 0.3) is 0 Å². The van der Waals surface area contributed by atoms with E-state index in [0.717, 1.165) is 38.1 Å². The lowest BCUT2D eigenvalue weighted by molar-refractivity contribution is 0.0695. The number of aryl methyl sites for hydroxylation is 2. The molecule has 0 aliphatic carbocycles. The Morgan fingerprint density at radius 3 is 3.09 bits per heavy atom. The van der Waals surface area contributed by atoms with Crippen LogP contribution in [0.2, 0.25) is 0 Å². The van der Waals surface area contributed by atoms with Gasteiger partial charge < -0.3 is 9.42 Å². The molecule has 1 fully saturated rings. The van der Waals surface area contributed by atoms with Gasteiger partial charge >= 0.3 is 0 Å². The van der Waals surface area contributed by atoms with Gasteiger partial charge in [-0.25, -0.2) is 0 Å². The molecule has 0 aromatic carbocycles. The maximum absolute atomic E-state index is 12.5. The number of likely N-dealkylation sites (tertiary alicyclic amines) is 1. The fourth-order valence-electron chi connectivity index (χ4n) is 2.84. The molecule has 0 bridgehead atoms. The van der Waals surface area contributed by atoms with Crippen LogP contribution in [-0.4, -0.2) is 43.8 Å². The molecule has 1 amide bonds. The highest BCUT2D eigenvalue weighted by atomic mass is 16.5. The summed E-state index contributed by atoms with van der Waals surface area (Å²) in [5.41, 5.74) is 0.625. The smallest absolute Gasteiger partial charge is 0.257 e. The molecule has 1 unspecified atom stereocenters. The van der Waals surface area contributed by atoms with Crippen molar-refractivity contribution in [2.75, 3.05) is 13.1 Å². The van der Waals surface area contributed by atoms with Gasteiger partial charge in [0.15, 0.2) is 5.82 Å². The van der Waals surface area contributed by atoms with Crippen molar-refractivity contribution in [3.63, 3.8) is 0 Å². The van der Waals surface area contributed by atoms with E-state index in [1.807, 2.05) is 11.9 Å². The summed E-state index contributed by atoms with van der Waals surface area (Å²) < 4.78 is 7.02. The van der Waals surface area contributed by atoms with Crippen molar-refractivity contribution < 1.29 is 9.32 Å². The summed E-state index contributed by atoms with van der Waals surface area (Å²) in [5.74, 6) is 1.57. The van der Waals surface area contributed by atoms with E-state index in [-0.39, 0.29) is 11.8 Å². The van der Waals surface area contributed by atoms with Crippen LogP contribution in [0.15, 0.2) is 16.9 Å². The first-order valence-corrected chi connectivity index (χ1v) is 7.77. The summed E-state index contributed by atoms with van der Waals surface area (Å²) in [7, 11) is 1.81. The van der Waals surface area contributed by atoms with Gasteiger partial charge in [0.1, 0.15) is 0 Å². The number of aromatic nitrogens is 4. The zero-order chi connectivity index (χ0) is 15.5. The predicted octanol–water partition coefficient (Wildman–Crippen LogP) is 1.78. The Labute approximate surface area is 129 Å². The van der Waals surface area contributed by atoms with Crippen LogP contribution in [0, 0.1) is 0 Å². The number of hydrogen-bond acceptors (Lipinski definition) is 5. The number of piperidine rings is 1. The first-order valence-electron chi connectivity index (χ1n) is 7.77. The third-order valence-electron chi connectivity index (χ3n) is 3.97. The average molecular weight is 303 g/mol. The van der Waals surface area contributed by atoms with E-state index in [2.05, 4.69) is 22.2 Å². The summed E-state index contributed by atoms with van der Waals surface area (Å²) in [6, 6.07) is 0. The van der Waals surface area contributed by atoms with Gasteiger partial charge in [0, 0.05) is 32.8 Å². The quantitative estimate of drug-likeness (QED) is 0.860. The Bertz CT molecular complexity index is 648. The van der Waals surface area contributed by atoms with Crippen LogP contribution >= 0.6 is 0 Å². The summed E-state index contributed by atoms with van der Waals surface area (Å²) in [4.78, 5) is 18.8. The van der Waals surface area contributed by atoms with Gasteiger partial charge in [-0.05, 0) is 19.3 Å². The van der Waals surface area contributed by atoms with Crippen molar-refractivity contribution in [3.05, 3.63) is 29.7 Å². The van der Waals surface area contributed by atoms with Crippen molar-refractivity contribution >= 4 is 5.91 Å². The van der Waals surface area contributed by atoms with Gasteiger partial charge in [0.05, 0.1) is 17.7 Å². The summed E-state index contributed by atoms with van der Waals surface area (Å²) in [6.45, 7) is 3.48. The predicted molar refractivity (Wildman–Crippen MR) is 79.4 cm³/mol. The van der Waals surface area contributed by atoms with E-state index >= 15 is 0 Å². The molecule has 1 atom stereocenters. The van der Waals surface area contributed by atoms with Gasteiger partial charge in [0.2, 0.25) is 5.89 Å². The molecule has 0 radical (unpaired) electrons. The number of carbonyl (C=O) groups is 1. The molecule has 2 aromatic rings. The van der Waals surface area contributed by atoms with Gasteiger partial charge in [-0.15, -0.1) is 0 Å². The largest absolute Gasteiger partial charge is 0.339 e. The first-order chi connectivity index (χ1) is 10.7. The Morgan fingerprint density at radius 2 is 2.36 bits per heavy atom. The number of amides is 1. The van der Waals surface area contributed by atoms with Crippen molar-refractivity contribution in [1.82, 2.24) is 24.8 Å².